The first-order valence-corrected chi connectivity index (χ1v) is 10.4. The lowest BCUT2D eigenvalue weighted by Gasteiger charge is -2.44. The van der Waals surface area contributed by atoms with Crippen LogP contribution in [-0.4, -0.2) is 16.2 Å². The molecular weight excluding hydrogens is 408 g/mol. The van der Waals surface area contributed by atoms with Gasteiger partial charge in [0, 0.05) is 16.5 Å². The Balaban J connectivity index is 1.83. The molecule has 1 aromatic carbocycles. The van der Waals surface area contributed by atoms with E-state index in [2.05, 4.69) is 46.0 Å². The number of aromatic nitrogens is 2. The van der Waals surface area contributed by atoms with E-state index in [1.54, 1.807) is 0 Å². The van der Waals surface area contributed by atoms with Crippen LogP contribution in [0.2, 0.25) is 5.15 Å². The minimum atomic E-state index is -0.308. The quantitative estimate of drug-likeness (QED) is 0.359. The van der Waals surface area contributed by atoms with E-state index in [0.29, 0.717) is 17.7 Å². The van der Waals surface area contributed by atoms with E-state index < -0.39 is 0 Å². The molecule has 0 N–H and O–H groups in total. The summed E-state index contributed by atoms with van der Waals surface area (Å²) in [6.07, 6.45) is 4.83. The molecule has 1 aromatic heterocycles. The van der Waals surface area contributed by atoms with Gasteiger partial charge in [0.25, 0.3) is 0 Å². The highest BCUT2D eigenvalue weighted by molar-refractivity contribution is 9.10. The predicted molar refractivity (Wildman–Crippen MR) is 101 cm³/mol. The molecule has 0 saturated heterocycles. The summed E-state index contributed by atoms with van der Waals surface area (Å²) < 4.78 is 7.54. The lowest BCUT2D eigenvalue weighted by molar-refractivity contribution is -0.0941. The maximum atomic E-state index is 6.45. The van der Waals surface area contributed by atoms with Gasteiger partial charge in [-0.1, -0.05) is 52.3 Å². The van der Waals surface area contributed by atoms with Crippen molar-refractivity contribution in [1.82, 2.24) is 9.97 Å². The Kier molecular flexibility index (Phi) is 4.40. The van der Waals surface area contributed by atoms with Crippen molar-refractivity contribution in [3.63, 3.8) is 0 Å². The summed E-state index contributed by atoms with van der Waals surface area (Å²) in [6.45, 7) is 2.77. The largest absolute Gasteiger partial charge is 0.365 e. The van der Waals surface area contributed by atoms with Crippen LogP contribution in [0.4, 0.5) is 0 Å². The zero-order valence-electron chi connectivity index (χ0n) is 13.6. The van der Waals surface area contributed by atoms with Crippen LogP contribution in [0, 0.1) is 5.92 Å². The molecule has 2 aromatic rings. The Hall–Kier alpha value is -0.620. The van der Waals surface area contributed by atoms with Crippen molar-refractivity contribution >= 4 is 39.3 Å². The third-order valence-corrected chi connectivity index (χ3v) is 6.31. The topological polar surface area (TPSA) is 35.0 Å². The summed E-state index contributed by atoms with van der Waals surface area (Å²) >= 11 is 11.5. The van der Waals surface area contributed by atoms with Crippen molar-refractivity contribution in [3.05, 3.63) is 50.2 Å². The highest BCUT2D eigenvalue weighted by Gasteiger charge is 2.44. The van der Waals surface area contributed by atoms with Crippen LogP contribution in [0.3, 0.4) is 0 Å². The van der Waals surface area contributed by atoms with Gasteiger partial charge >= 0.3 is 0 Å². The number of rotatable bonds is 1. The summed E-state index contributed by atoms with van der Waals surface area (Å²) in [5.41, 5.74) is 4.34. The number of benzene rings is 1. The smallest absolute Gasteiger partial charge is 0.188 e. The normalized spacial score (nSPS) is 25.4. The molecule has 1 aliphatic heterocycles. The summed E-state index contributed by atoms with van der Waals surface area (Å²) in [5, 5.41) is 1.26. The van der Waals surface area contributed by atoms with Crippen molar-refractivity contribution in [2.75, 3.05) is 6.26 Å². The maximum Gasteiger partial charge on any atom is 0.188 e. The fourth-order valence-electron chi connectivity index (χ4n) is 3.97. The molecule has 1 aliphatic carbocycles. The van der Waals surface area contributed by atoms with Crippen LogP contribution in [0.15, 0.2) is 27.8 Å². The van der Waals surface area contributed by atoms with Gasteiger partial charge in [-0.25, -0.2) is 9.97 Å². The second-order valence-corrected chi connectivity index (χ2v) is 8.75. The summed E-state index contributed by atoms with van der Waals surface area (Å²) in [4.78, 5) is 9.08. The van der Waals surface area contributed by atoms with Crippen molar-refractivity contribution in [1.29, 1.82) is 0 Å². The fraction of sp³-hybridized carbons (Fsp3) is 0.444. The molecule has 24 heavy (non-hydrogen) atoms. The van der Waals surface area contributed by atoms with Gasteiger partial charge in [0.15, 0.2) is 5.16 Å². The molecule has 4 rings (SSSR count). The van der Waals surface area contributed by atoms with E-state index in [0.717, 1.165) is 40.1 Å². The van der Waals surface area contributed by atoms with E-state index in [1.165, 1.54) is 22.9 Å². The van der Waals surface area contributed by atoms with Gasteiger partial charge in [-0.15, -0.1) is 0 Å². The number of nitrogens with zero attached hydrogens (tertiary/aromatic N) is 2. The second kappa shape index (κ2) is 6.27. The van der Waals surface area contributed by atoms with Crippen LogP contribution in [0.25, 0.3) is 0 Å². The minimum Gasteiger partial charge on any atom is -0.365 e. The number of ether oxygens (including phenoxy) is 1. The van der Waals surface area contributed by atoms with Crippen LogP contribution < -0.4 is 0 Å². The molecule has 2 heterocycles. The van der Waals surface area contributed by atoms with Crippen LogP contribution in [0.5, 0.6) is 0 Å². The van der Waals surface area contributed by atoms with E-state index in [-0.39, 0.29) is 5.60 Å². The number of thioether (sulfide) groups is 1. The first-order chi connectivity index (χ1) is 11.5. The molecule has 6 heteroatoms. The summed E-state index contributed by atoms with van der Waals surface area (Å²) in [5.74, 6) is 0.581. The SMILES string of the molecule is CSc1nc(Cl)c2c(n1)C[C@]1(C[C@H](C)Cc3ccc(Br)cc31)OC2. The second-order valence-electron chi connectivity index (χ2n) is 6.70. The van der Waals surface area contributed by atoms with Crippen molar-refractivity contribution in [3.8, 4) is 0 Å². The van der Waals surface area contributed by atoms with Crippen molar-refractivity contribution in [2.24, 2.45) is 5.92 Å². The summed E-state index contributed by atoms with van der Waals surface area (Å²) in [6, 6.07) is 6.55. The van der Waals surface area contributed by atoms with Gasteiger partial charge in [0.2, 0.25) is 0 Å². The highest BCUT2D eigenvalue weighted by atomic mass is 79.9. The zero-order chi connectivity index (χ0) is 16.9. The Morgan fingerprint density at radius 2 is 2.21 bits per heavy atom. The molecule has 2 atom stereocenters. The molecule has 0 saturated carbocycles. The van der Waals surface area contributed by atoms with Crippen molar-refractivity contribution < 1.29 is 4.74 Å². The Labute approximate surface area is 159 Å². The van der Waals surface area contributed by atoms with Crippen LogP contribution in [-0.2, 0) is 29.8 Å². The van der Waals surface area contributed by atoms with Gasteiger partial charge in [0.1, 0.15) is 5.15 Å². The van der Waals surface area contributed by atoms with Gasteiger partial charge in [0.05, 0.1) is 17.9 Å². The number of hydrogen-bond donors (Lipinski definition) is 0. The standard InChI is InChI=1S/C18H18BrClN2OS/c1-10-5-11-3-4-12(19)6-14(11)18(7-10)8-15-13(9-23-18)16(20)22-17(21-15)24-2/h3-4,6,10H,5,7-9H2,1-2H3/t10-,18+/m1/s1. The summed E-state index contributed by atoms with van der Waals surface area (Å²) in [7, 11) is 0. The third kappa shape index (κ3) is 2.79. The van der Waals surface area contributed by atoms with E-state index in [1.807, 2.05) is 6.26 Å². The van der Waals surface area contributed by atoms with E-state index in [4.69, 9.17) is 21.3 Å². The molecule has 0 bridgehead atoms. The maximum absolute atomic E-state index is 6.45. The number of hydrogen-bond acceptors (Lipinski definition) is 4. The first kappa shape index (κ1) is 16.8. The Bertz CT molecular complexity index is 816. The van der Waals surface area contributed by atoms with Crippen LogP contribution in [0.1, 0.15) is 35.7 Å². The Morgan fingerprint density at radius 1 is 1.38 bits per heavy atom. The number of halogens is 2. The first-order valence-electron chi connectivity index (χ1n) is 8.03. The predicted octanol–water partition coefficient (Wildman–Crippen LogP) is 5.16. The van der Waals surface area contributed by atoms with Gasteiger partial charge in [-0.05, 0) is 48.3 Å². The lowest BCUT2D eigenvalue weighted by atomic mass is 9.71. The molecule has 2 aliphatic rings. The molecule has 1 spiro atoms. The third-order valence-electron chi connectivity index (χ3n) is 4.96. The van der Waals surface area contributed by atoms with Crippen molar-refractivity contribution in [2.45, 2.75) is 43.6 Å². The molecule has 0 unspecified atom stereocenters. The Morgan fingerprint density at radius 3 is 3.00 bits per heavy atom. The molecule has 126 valence electrons. The van der Waals surface area contributed by atoms with Gasteiger partial charge in [-0.3, -0.25) is 0 Å². The highest BCUT2D eigenvalue weighted by Crippen LogP contribution is 2.47. The average molecular weight is 426 g/mol. The monoisotopic (exact) mass is 424 g/mol. The van der Waals surface area contributed by atoms with Gasteiger partial charge < -0.3 is 4.74 Å². The fourth-order valence-corrected chi connectivity index (χ4v) is 5.00. The van der Waals surface area contributed by atoms with E-state index in [9.17, 15) is 0 Å². The minimum absolute atomic E-state index is 0.308. The molecular formula is C18H18BrClN2OS. The van der Waals surface area contributed by atoms with Crippen LogP contribution >= 0.6 is 39.3 Å². The molecule has 0 amide bonds. The number of fused-ring (bicyclic) bond motifs is 3. The lowest BCUT2D eigenvalue weighted by Crippen LogP contribution is -2.42. The molecule has 3 nitrogen and oxygen atoms in total. The average Bonchev–Trinajstić information content (AvgIpc) is 2.55. The molecule has 0 radical (unpaired) electrons. The van der Waals surface area contributed by atoms with E-state index >= 15 is 0 Å². The van der Waals surface area contributed by atoms with Gasteiger partial charge in [-0.2, -0.15) is 0 Å². The molecule has 0 fully saturated rings. The zero-order valence-corrected chi connectivity index (χ0v) is 16.8.